The minimum absolute atomic E-state index is 0.0889. The van der Waals surface area contributed by atoms with Gasteiger partial charge in [0.15, 0.2) is 16.0 Å². The molecule has 0 unspecified atom stereocenters. The molecule has 4 aromatic rings. The minimum atomic E-state index is -0.608. The van der Waals surface area contributed by atoms with Gasteiger partial charge in [0.25, 0.3) is 0 Å². The molecular weight excluding hydrogens is 372 g/mol. The molecule has 130 valence electrons. The van der Waals surface area contributed by atoms with Crippen molar-refractivity contribution in [3.63, 3.8) is 0 Å². The predicted molar refractivity (Wildman–Crippen MR) is 103 cm³/mol. The van der Waals surface area contributed by atoms with E-state index in [9.17, 15) is 9.59 Å². The van der Waals surface area contributed by atoms with Gasteiger partial charge in [-0.15, -0.1) is 0 Å². The fourth-order valence-electron chi connectivity index (χ4n) is 2.86. The Balaban J connectivity index is 1.90. The zero-order chi connectivity index (χ0) is 18.4. The Hall–Kier alpha value is -2.70. The maximum Gasteiger partial charge on any atom is 0.315 e. The molecule has 0 saturated heterocycles. The van der Waals surface area contributed by atoms with E-state index in [-0.39, 0.29) is 11.2 Å². The first-order valence-electron chi connectivity index (χ1n) is 7.82. The van der Waals surface area contributed by atoms with Crippen LogP contribution in [0.3, 0.4) is 0 Å². The Morgan fingerprint density at radius 1 is 1.23 bits per heavy atom. The fraction of sp³-hybridized carbons (Fsp3) is 0.105. The highest BCUT2D eigenvalue weighted by molar-refractivity contribution is 7.17. The molecule has 26 heavy (non-hydrogen) atoms. The molecule has 4 rings (SSSR count). The minimum Gasteiger partial charge on any atom is -0.451 e. The quantitative estimate of drug-likeness (QED) is 0.497. The number of carbonyl (C=O) groups excluding carboxylic acids is 1. The van der Waals surface area contributed by atoms with E-state index in [2.05, 4.69) is 4.99 Å². The van der Waals surface area contributed by atoms with Gasteiger partial charge in [-0.3, -0.25) is 9.59 Å². The van der Waals surface area contributed by atoms with E-state index in [4.69, 9.17) is 16.0 Å². The maximum atomic E-state index is 12.6. The van der Waals surface area contributed by atoms with Gasteiger partial charge in [0.1, 0.15) is 5.58 Å². The van der Waals surface area contributed by atoms with Crippen molar-refractivity contribution in [3.8, 4) is 0 Å². The number of benzene rings is 2. The number of halogens is 1. The van der Waals surface area contributed by atoms with Crippen LogP contribution < -0.4 is 10.2 Å². The highest BCUT2D eigenvalue weighted by Crippen LogP contribution is 2.28. The number of amides is 1. The van der Waals surface area contributed by atoms with Crippen molar-refractivity contribution in [1.82, 2.24) is 4.57 Å². The first-order valence-corrected chi connectivity index (χ1v) is 9.02. The van der Waals surface area contributed by atoms with Gasteiger partial charge in [0.2, 0.25) is 0 Å². The maximum absolute atomic E-state index is 12.6. The molecule has 0 radical (unpaired) electrons. The number of rotatable bonds is 1. The van der Waals surface area contributed by atoms with Crippen LogP contribution in [0.2, 0.25) is 5.02 Å². The summed E-state index contributed by atoms with van der Waals surface area (Å²) in [6.07, 6.45) is 0. The van der Waals surface area contributed by atoms with Crippen molar-refractivity contribution >= 4 is 50.0 Å². The van der Waals surface area contributed by atoms with Gasteiger partial charge < -0.3 is 8.98 Å². The van der Waals surface area contributed by atoms with Crippen LogP contribution in [-0.2, 0) is 7.05 Å². The second-order valence-corrected chi connectivity index (χ2v) is 7.26. The molecule has 0 spiro atoms. The number of thiazole rings is 1. The molecule has 0 saturated carbocycles. The lowest BCUT2D eigenvalue weighted by Crippen LogP contribution is -2.14. The van der Waals surface area contributed by atoms with E-state index in [0.717, 1.165) is 15.8 Å². The largest absolute Gasteiger partial charge is 0.451 e. The molecule has 2 aromatic heterocycles. The molecule has 1 amide bonds. The molecule has 0 atom stereocenters. The highest BCUT2D eigenvalue weighted by atomic mass is 35.5. The molecular formula is C19H13ClN2O3S. The Morgan fingerprint density at radius 3 is 2.77 bits per heavy atom. The van der Waals surface area contributed by atoms with Crippen LogP contribution >= 0.6 is 22.9 Å². The lowest BCUT2D eigenvalue weighted by atomic mass is 10.2. The van der Waals surface area contributed by atoms with Gasteiger partial charge in [-0.2, -0.15) is 4.99 Å². The lowest BCUT2D eigenvalue weighted by molar-refractivity contribution is 0.0972. The molecule has 0 aliphatic rings. The predicted octanol–water partition coefficient (Wildman–Crippen LogP) is 4.05. The van der Waals surface area contributed by atoms with Crippen LogP contribution in [0.25, 0.3) is 21.2 Å². The summed E-state index contributed by atoms with van der Waals surface area (Å²) in [5.41, 5.74) is 2.05. The molecule has 2 aromatic carbocycles. The third-order valence-electron chi connectivity index (χ3n) is 4.14. The summed E-state index contributed by atoms with van der Waals surface area (Å²) in [4.78, 5) is 29.4. The number of aromatic nitrogens is 1. The van der Waals surface area contributed by atoms with Crippen molar-refractivity contribution < 1.29 is 9.21 Å². The molecule has 0 aliphatic carbocycles. The van der Waals surface area contributed by atoms with Crippen LogP contribution in [0.5, 0.6) is 0 Å². The summed E-state index contributed by atoms with van der Waals surface area (Å²) < 4.78 is 8.24. The van der Waals surface area contributed by atoms with Gasteiger partial charge in [0.05, 0.1) is 20.6 Å². The SMILES string of the molecule is Cc1ccc(Cl)c2sc(=NC(=O)c3cc(=O)c4ccccc4o3)n(C)c12. The normalized spacial score (nSPS) is 12.2. The number of aryl methyl sites for hydroxylation is 2. The van der Waals surface area contributed by atoms with Crippen molar-refractivity contribution in [2.75, 3.05) is 0 Å². The van der Waals surface area contributed by atoms with Gasteiger partial charge in [0, 0.05) is 13.1 Å². The van der Waals surface area contributed by atoms with E-state index in [1.54, 1.807) is 24.3 Å². The van der Waals surface area contributed by atoms with Crippen LogP contribution in [0.1, 0.15) is 16.1 Å². The second-order valence-electron chi connectivity index (χ2n) is 5.87. The molecule has 5 nitrogen and oxygen atoms in total. The summed E-state index contributed by atoms with van der Waals surface area (Å²) >= 11 is 7.58. The summed E-state index contributed by atoms with van der Waals surface area (Å²) in [6.45, 7) is 1.97. The second kappa shape index (κ2) is 6.23. The number of para-hydroxylation sites is 1. The van der Waals surface area contributed by atoms with E-state index >= 15 is 0 Å². The first kappa shape index (κ1) is 16.8. The number of fused-ring (bicyclic) bond motifs is 2. The summed E-state index contributed by atoms with van der Waals surface area (Å²) in [5.74, 6) is -0.697. The fourth-order valence-corrected chi connectivity index (χ4v) is 4.23. The summed E-state index contributed by atoms with van der Waals surface area (Å²) in [6, 6.07) is 11.7. The van der Waals surface area contributed by atoms with E-state index in [0.29, 0.717) is 20.8 Å². The number of hydrogen-bond acceptors (Lipinski definition) is 4. The number of hydrogen-bond donors (Lipinski definition) is 0. The Morgan fingerprint density at radius 2 is 2.00 bits per heavy atom. The summed E-state index contributed by atoms with van der Waals surface area (Å²) in [5, 5.41) is 1.04. The molecule has 7 heteroatoms. The van der Waals surface area contributed by atoms with Crippen molar-refractivity contribution in [2.24, 2.45) is 12.0 Å². The zero-order valence-electron chi connectivity index (χ0n) is 13.9. The molecule has 2 heterocycles. The van der Waals surface area contributed by atoms with E-state index in [1.165, 1.54) is 17.4 Å². The molecule has 0 N–H and O–H groups in total. The first-order chi connectivity index (χ1) is 12.5. The van der Waals surface area contributed by atoms with Gasteiger partial charge in [-0.1, -0.05) is 41.1 Å². The standard InChI is InChI=1S/C19H13ClN2O3S/c1-10-7-8-12(20)17-16(10)22(2)19(26-17)21-18(24)15-9-13(23)11-5-3-4-6-14(11)25-15/h3-9H,1-2H3. The molecule has 0 bridgehead atoms. The Kier molecular flexibility index (Phi) is 4.01. The van der Waals surface area contributed by atoms with Crippen molar-refractivity contribution in [2.45, 2.75) is 6.92 Å². The zero-order valence-corrected chi connectivity index (χ0v) is 15.5. The highest BCUT2D eigenvalue weighted by Gasteiger charge is 2.14. The van der Waals surface area contributed by atoms with Crippen LogP contribution in [0.4, 0.5) is 0 Å². The Bertz CT molecular complexity index is 1310. The molecule has 0 fully saturated rings. The number of carbonyl (C=O) groups is 1. The average Bonchev–Trinajstić information content (AvgIpc) is 2.96. The van der Waals surface area contributed by atoms with Gasteiger partial charge in [-0.25, -0.2) is 0 Å². The topological polar surface area (TPSA) is 64.6 Å². The Labute approximate surface area is 156 Å². The van der Waals surface area contributed by atoms with Gasteiger partial charge >= 0.3 is 5.91 Å². The summed E-state index contributed by atoms with van der Waals surface area (Å²) in [7, 11) is 1.82. The average molecular weight is 385 g/mol. The lowest BCUT2D eigenvalue weighted by Gasteiger charge is -2.01. The third kappa shape index (κ3) is 2.67. The monoisotopic (exact) mass is 384 g/mol. The van der Waals surface area contributed by atoms with Crippen LogP contribution in [-0.4, -0.2) is 10.5 Å². The van der Waals surface area contributed by atoms with E-state index in [1.807, 2.05) is 30.7 Å². The smallest absolute Gasteiger partial charge is 0.315 e. The van der Waals surface area contributed by atoms with Crippen molar-refractivity contribution in [1.29, 1.82) is 0 Å². The van der Waals surface area contributed by atoms with Gasteiger partial charge in [-0.05, 0) is 30.7 Å². The third-order valence-corrected chi connectivity index (χ3v) is 5.74. The van der Waals surface area contributed by atoms with Crippen LogP contribution in [0, 0.1) is 6.92 Å². The van der Waals surface area contributed by atoms with Crippen molar-refractivity contribution in [3.05, 3.63) is 73.8 Å². The van der Waals surface area contributed by atoms with Crippen LogP contribution in [0.15, 0.2) is 56.7 Å². The molecule has 0 aliphatic heterocycles. The number of nitrogens with zero attached hydrogens (tertiary/aromatic N) is 2. The van der Waals surface area contributed by atoms with E-state index < -0.39 is 5.91 Å².